The van der Waals surface area contributed by atoms with E-state index in [9.17, 15) is 4.39 Å². The lowest BCUT2D eigenvalue weighted by atomic mass is 10.1. The molecule has 0 bridgehead atoms. The standard InChI is InChI=1S/C11H16FNOS/c1-13(8-15)6-5-9-7-10(12)3-4-11(9)14-2/h3-4,7,15H,5-6,8H2,1-2H3. The SMILES string of the molecule is COc1ccc(F)cc1CCN(C)CS. The van der Waals surface area contributed by atoms with E-state index in [-0.39, 0.29) is 5.82 Å². The van der Waals surface area contributed by atoms with Gasteiger partial charge in [-0.05, 0) is 37.2 Å². The number of thiol groups is 1. The van der Waals surface area contributed by atoms with Crippen molar-refractivity contribution in [3.63, 3.8) is 0 Å². The van der Waals surface area contributed by atoms with Gasteiger partial charge in [0.15, 0.2) is 0 Å². The summed E-state index contributed by atoms with van der Waals surface area (Å²) >= 11 is 4.15. The maximum absolute atomic E-state index is 13.0. The largest absolute Gasteiger partial charge is 0.496 e. The molecule has 0 heterocycles. The van der Waals surface area contributed by atoms with Gasteiger partial charge in [0.05, 0.1) is 7.11 Å². The molecule has 0 N–H and O–H groups in total. The molecular formula is C11H16FNOS. The van der Waals surface area contributed by atoms with E-state index in [0.29, 0.717) is 5.88 Å². The third-order valence-electron chi connectivity index (χ3n) is 2.25. The first-order chi connectivity index (χ1) is 7.17. The first-order valence-corrected chi connectivity index (χ1v) is 5.42. The van der Waals surface area contributed by atoms with Crippen LogP contribution in [0.2, 0.25) is 0 Å². The fraction of sp³-hybridized carbons (Fsp3) is 0.455. The minimum Gasteiger partial charge on any atom is -0.496 e. The zero-order valence-electron chi connectivity index (χ0n) is 9.03. The number of nitrogens with zero attached hydrogens (tertiary/aromatic N) is 1. The van der Waals surface area contributed by atoms with Crippen molar-refractivity contribution in [1.82, 2.24) is 4.90 Å². The Morgan fingerprint density at radius 2 is 2.20 bits per heavy atom. The van der Waals surface area contributed by atoms with E-state index < -0.39 is 0 Å². The van der Waals surface area contributed by atoms with Gasteiger partial charge in [0.1, 0.15) is 11.6 Å². The van der Waals surface area contributed by atoms with Crippen molar-refractivity contribution < 1.29 is 9.13 Å². The third kappa shape index (κ3) is 3.72. The van der Waals surface area contributed by atoms with Crippen molar-refractivity contribution >= 4 is 12.6 Å². The van der Waals surface area contributed by atoms with Crippen molar-refractivity contribution in [2.24, 2.45) is 0 Å². The quantitative estimate of drug-likeness (QED) is 0.614. The molecule has 0 saturated heterocycles. The molecule has 0 fully saturated rings. The van der Waals surface area contributed by atoms with Crippen LogP contribution in [0, 0.1) is 5.82 Å². The van der Waals surface area contributed by atoms with Crippen LogP contribution >= 0.6 is 12.6 Å². The topological polar surface area (TPSA) is 12.5 Å². The fourth-order valence-corrected chi connectivity index (χ4v) is 1.47. The molecule has 0 aliphatic carbocycles. The zero-order chi connectivity index (χ0) is 11.3. The Morgan fingerprint density at radius 3 is 2.80 bits per heavy atom. The second kappa shape index (κ2) is 5.98. The number of hydrogen-bond acceptors (Lipinski definition) is 3. The van der Waals surface area contributed by atoms with Gasteiger partial charge in [-0.3, -0.25) is 4.90 Å². The molecule has 15 heavy (non-hydrogen) atoms. The van der Waals surface area contributed by atoms with Crippen molar-refractivity contribution in [2.75, 3.05) is 26.6 Å². The summed E-state index contributed by atoms with van der Waals surface area (Å²) in [5, 5.41) is 0. The minimum atomic E-state index is -0.223. The van der Waals surface area contributed by atoms with Gasteiger partial charge in [0, 0.05) is 12.4 Å². The summed E-state index contributed by atoms with van der Waals surface area (Å²) in [7, 11) is 3.57. The summed E-state index contributed by atoms with van der Waals surface area (Å²) in [4.78, 5) is 2.05. The second-order valence-corrected chi connectivity index (χ2v) is 3.71. The predicted molar refractivity (Wildman–Crippen MR) is 63.1 cm³/mol. The summed E-state index contributed by atoms with van der Waals surface area (Å²) in [6.45, 7) is 0.837. The Morgan fingerprint density at radius 1 is 1.47 bits per heavy atom. The molecule has 0 spiro atoms. The molecule has 0 aromatic heterocycles. The Kier molecular flexibility index (Phi) is 4.91. The molecule has 1 rings (SSSR count). The van der Waals surface area contributed by atoms with E-state index in [1.807, 2.05) is 11.9 Å². The van der Waals surface area contributed by atoms with Crippen LogP contribution in [0.3, 0.4) is 0 Å². The smallest absolute Gasteiger partial charge is 0.123 e. The second-order valence-electron chi connectivity index (χ2n) is 3.43. The Bertz CT molecular complexity index is 319. The molecule has 0 amide bonds. The van der Waals surface area contributed by atoms with E-state index in [1.54, 1.807) is 13.2 Å². The highest BCUT2D eigenvalue weighted by molar-refractivity contribution is 7.80. The van der Waals surface area contributed by atoms with Gasteiger partial charge in [-0.1, -0.05) is 0 Å². The van der Waals surface area contributed by atoms with E-state index in [4.69, 9.17) is 4.74 Å². The number of ether oxygens (including phenoxy) is 1. The lowest BCUT2D eigenvalue weighted by Gasteiger charge is -2.14. The number of methoxy groups -OCH3 is 1. The van der Waals surface area contributed by atoms with Crippen LogP contribution in [0.25, 0.3) is 0 Å². The molecule has 0 radical (unpaired) electrons. The summed E-state index contributed by atoms with van der Waals surface area (Å²) in [6, 6.07) is 4.58. The third-order valence-corrected chi connectivity index (χ3v) is 2.73. The first-order valence-electron chi connectivity index (χ1n) is 4.79. The van der Waals surface area contributed by atoms with Gasteiger partial charge in [0.2, 0.25) is 0 Å². The molecule has 1 aromatic rings. The van der Waals surface area contributed by atoms with Crippen molar-refractivity contribution in [3.8, 4) is 5.75 Å². The lowest BCUT2D eigenvalue weighted by Crippen LogP contribution is -2.19. The highest BCUT2D eigenvalue weighted by Crippen LogP contribution is 2.19. The van der Waals surface area contributed by atoms with Crippen LogP contribution in [0.4, 0.5) is 4.39 Å². The Hall–Kier alpha value is -0.740. The number of halogens is 1. The van der Waals surface area contributed by atoms with E-state index in [2.05, 4.69) is 12.6 Å². The van der Waals surface area contributed by atoms with E-state index in [0.717, 1.165) is 24.3 Å². The summed E-state index contributed by atoms with van der Waals surface area (Å²) < 4.78 is 18.2. The average Bonchev–Trinajstić information content (AvgIpc) is 2.26. The van der Waals surface area contributed by atoms with Crippen LogP contribution < -0.4 is 4.74 Å². The molecule has 0 unspecified atom stereocenters. The van der Waals surface area contributed by atoms with Gasteiger partial charge in [-0.25, -0.2) is 4.39 Å². The molecule has 0 saturated carbocycles. The van der Waals surface area contributed by atoms with Gasteiger partial charge < -0.3 is 4.74 Å². The van der Waals surface area contributed by atoms with Gasteiger partial charge >= 0.3 is 0 Å². The van der Waals surface area contributed by atoms with Crippen LogP contribution in [-0.4, -0.2) is 31.5 Å². The molecular weight excluding hydrogens is 213 g/mol. The molecule has 0 aliphatic heterocycles. The van der Waals surface area contributed by atoms with Crippen LogP contribution in [-0.2, 0) is 6.42 Å². The first kappa shape index (κ1) is 12.3. The maximum Gasteiger partial charge on any atom is 0.123 e. The number of likely N-dealkylation sites (N-methyl/N-ethyl adjacent to an activating group) is 1. The van der Waals surface area contributed by atoms with Gasteiger partial charge in [-0.15, -0.1) is 0 Å². The zero-order valence-corrected chi connectivity index (χ0v) is 9.93. The maximum atomic E-state index is 13.0. The van der Waals surface area contributed by atoms with E-state index in [1.165, 1.54) is 12.1 Å². The summed E-state index contributed by atoms with van der Waals surface area (Å²) in [5.74, 6) is 1.21. The highest BCUT2D eigenvalue weighted by Gasteiger charge is 2.05. The van der Waals surface area contributed by atoms with Crippen LogP contribution in [0.1, 0.15) is 5.56 Å². The molecule has 0 aliphatic rings. The highest BCUT2D eigenvalue weighted by atomic mass is 32.1. The van der Waals surface area contributed by atoms with Crippen molar-refractivity contribution in [1.29, 1.82) is 0 Å². The summed E-state index contributed by atoms with van der Waals surface area (Å²) in [5.41, 5.74) is 0.895. The van der Waals surface area contributed by atoms with Gasteiger partial charge in [0.25, 0.3) is 0 Å². The molecule has 84 valence electrons. The van der Waals surface area contributed by atoms with Crippen LogP contribution in [0.15, 0.2) is 18.2 Å². The van der Waals surface area contributed by atoms with E-state index >= 15 is 0 Å². The van der Waals surface area contributed by atoms with Crippen molar-refractivity contribution in [3.05, 3.63) is 29.6 Å². The van der Waals surface area contributed by atoms with Crippen LogP contribution in [0.5, 0.6) is 5.75 Å². The average molecular weight is 229 g/mol. The number of benzene rings is 1. The molecule has 4 heteroatoms. The molecule has 1 aromatic carbocycles. The lowest BCUT2D eigenvalue weighted by molar-refractivity contribution is 0.383. The number of rotatable bonds is 5. The normalized spacial score (nSPS) is 10.7. The Labute approximate surface area is 95.5 Å². The monoisotopic (exact) mass is 229 g/mol. The predicted octanol–water partition coefficient (Wildman–Crippen LogP) is 2.20. The molecule has 2 nitrogen and oxygen atoms in total. The Balaban J connectivity index is 2.69. The van der Waals surface area contributed by atoms with Gasteiger partial charge in [-0.2, -0.15) is 12.6 Å². The summed E-state index contributed by atoms with van der Waals surface area (Å²) in [6.07, 6.45) is 0.762. The van der Waals surface area contributed by atoms with Crippen molar-refractivity contribution in [2.45, 2.75) is 6.42 Å². The number of hydrogen-bond donors (Lipinski definition) is 1. The molecule has 0 atom stereocenters. The minimum absolute atomic E-state index is 0.223. The fourth-order valence-electron chi connectivity index (χ4n) is 1.32.